The molecular weight excluding hydrogens is 489 g/mol. The van der Waals surface area contributed by atoms with Crippen molar-refractivity contribution in [1.29, 1.82) is 0 Å². The number of hydrogen-bond donors (Lipinski definition) is 0. The molecular formula is C33H34NO3P. The third-order valence-corrected chi connectivity index (χ3v) is 10.3. The Morgan fingerprint density at radius 3 is 1.58 bits per heavy atom. The summed E-state index contributed by atoms with van der Waals surface area (Å²) in [6.45, 7) is 4.06. The summed E-state index contributed by atoms with van der Waals surface area (Å²) in [5.74, 6) is -0.291. The maximum atomic E-state index is 15.4. The zero-order valence-corrected chi connectivity index (χ0v) is 22.8. The molecule has 4 aromatic carbocycles. The Kier molecular flexibility index (Phi) is 9.46. The summed E-state index contributed by atoms with van der Waals surface area (Å²) in [4.78, 5) is 17.7. The fourth-order valence-electron chi connectivity index (χ4n) is 4.85. The van der Waals surface area contributed by atoms with E-state index in [4.69, 9.17) is 9.73 Å². The summed E-state index contributed by atoms with van der Waals surface area (Å²) >= 11 is 0. The van der Waals surface area contributed by atoms with E-state index in [2.05, 4.69) is 24.3 Å². The van der Waals surface area contributed by atoms with Gasteiger partial charge in [-0.1, -0.05) is 121 Å². The number of esters is 1. The molecule has 0 fully saturated rings. The van der Waals surface area contributed by atoms with Crippen molar-refractivity contribution in [1.82, 2.24) is 0 Å². The van der Waals surface area contributed by atoms with Crippen molar-refractivity contribution in [3.05, 3.63) is 132 Å². The van der Waals surface area contributed by atoms with Crippen molar-refractivity contribution in [2.45, 2.75) is 38.4 Å². The van der Waals surface area contributed by atoms with Gasteiger partial charge in [-0.25, -0.2) is 0 Å². The maximum Gasteiger partial charge on any atom is 0.305 e. The van der Waals surface area contributed by atoms with Crippen molar-refractivity contribution in [3.63, 3.8) is 0 Å². The van der Waals surface area contributed by atoms with Crippen molar-refractivity contribution in [3.8, 4) is 0 Å². The number of carbonyl (C=O) groups excluding carboxylic acids is 1. The lowest BCUT2D eigenvalue weighted by Gasteiger charge is -2.30. The number of benzene rings is 4. The van der Waals surface area contributed by atoms with Gasteiger partial charge in [-0.3, -0.25) is 9.79 Å². The number of carbonyl (C=O) groups is 1. The molecule has 0 aromatic heterocycles. The van der Waals surface area contributed by atoms with Gasteiger partial charge in [0.2, 0.25) is 0 Å². The van der Waals surface area contributed by atoms with E-state index in [-0.39, 0.29) is 18.4 Å². The summed E-state index contributed by atoms with van der Waals surface area (Å²) in [6.07, 6.45) is 0.530. The van der Waals surface area contributed by atoms with E-state index in [0.717, 1.165) is 27.4 Å². The van der Waals surface area contributed by atoms with E-state index in [1.165, 1.54) is 0 Å². The number of aliphatic imine (C=N–C) groups is 1. The molecule has 0 aliphatic heterocycles. The van der Waals surface area contributed by atoms with Crippen LogP contribution in [0.4, 0.5) is 0 Å². The van der Waals surface area contributed by atoms with E-state index in [1.54, 1.807) is 6.92 Å². The minimum Gasteiger partial charge on any atom is -0.466 e. The third kappa shape index (κ3) is 6.38. The lowest BCUT2D eigenvalue weighted by atomic mass is 9.99. The molecule has 0 amide bonds. The van der Waals surface area contributed by atoms with Crippen LogP contribution in [0.5, 0.6) is 0 Å². The quantitative estimate of drug-likeness (QED) is 0.121. The van der Waals surface area contributed by atoms with E-state index in [9.17, 15) is 4.79 Å². The van der Waals surface area contributed by atoms with Crippen LogP contribution in [0.2, 0.25) is 0 Å². The molecule has 0 aliphatic carbocycles. The van der Waals surface area contributed by atoms with Gasteiger partial charge in [0.1, 0.15) is 0 Å². The maximum absolute atomic E-state index is 15.4. The molecule has 5 heteroatoms. The first-order valence-electron chi connectivity index (χ1n) is 13.0. The highest BCUT2D eigenvalue weighted by Crippen LogP contribution is 2.51. The van der Waals surface area contributed by atoms with Gasteiger partial charge >= 0.3 is 5.97 Å². The van der Waals surface area contributed by atoms with Crippen LogP contribution < -0.4 is 10.6 Å². The first-order chi connectivity index (χ1) is 18.5. The van der Waals surface area contributed by atoms with Gasteiger partial charge in [-0.2, -0.15) is 0 Å². The third-order valence-electron chi connectivity index (χ3n) is 6.69. The second-order valence-corrected chi connectivity index (χ2v) is 12.2. The minimum absolute atomic E-state index is 0.163. The first kappa shape index (κ1) is 27.3. The Morgan fingerprint density at radius 2 is 1.16 bits per heavy atom. The van der Waals surface area contributed by atoms with Crippen LogP contribution in [0.3, 0.4) is 0 Å². The smallest absolute Gasteiger partial charge is 0.305 e. The number of hydrogen-bond acceptors (Lipinski definition) is 4. The predicted molar refractivity (Wildman–Crippen MR) is 157 cm³/mol. The molecule has 194 valence electrons. The van der Waals surface area contributed by atoms with Crippen LogP contribution in [-0.4, -0.2) is 23.9 Å². The predicted octanol–water partition coefficient (Wildman–Crippen LogP) is 6.96. The molecule has 1 atom stereocenters. The molecule has 0 bridgehead atoms. The molecule has 0 saturated heterocycles. The fourth-order valence-corrected chi connectivity index (χ4v) is 8.18. The normalized spacial score (nSPS) is 12.8. The SMILES string of the molecule is CCOC(=O)CCC(C(C)=NC(c1ccccc1)c1ccccc1)P(=O)(c1ccccc1)c1ccccc1. The minimum atomic E-state index is -3.24. The van der Waals surface area contributed by atoms with Crippen molar-refractivity contribution in [2.24, 2.45) is 4.99 Å². The Labute approximate surface area is 225 Å². The van der Waals surface area contributed by atoms with E-state index in [1.807, 2.05) is 104 Å². The van der Waals surface area contributed by atoms with Crippen molar-refractivity contribution in [2.75, 3.05) is 6.61 Å². The summed E-state index contributed by atoms with van der Waals surface area (Å²) in [7, 11) is -3.24. The van der Waals surface area contributed by atoms with Crippen molar-refractivity contribution < 1.29 is 14.1 Å². The fraction of sp³-hybridized carbons (Fsp3) is 0.212. The number of nitrogens with zero attached hydrogens (tertiary/aromatic N) is 1. The summed E-state index contributed by atoms with van der Waals surface area (Å²) in [6, 6.07) is 39.2. The Balaban J connectivity index is 1.87. The average Bonchev–Trinajstić information content (AvgIpc) is 2.98. The molecule has 4 nitrogen and oxygen atoms in total. The van der Waals surface area contributed by atoms with E-state index < -0.39 is 12.8 Å². The second-order valence-electron chi connectivity index (χ2n) is 9.18. The Morgan fingerprint density at radius 1 is 0.737 bits per heavy atom. The largest absolute Gasteiger partial charge is 0.466 e. The number of rotatable bonds is 11. The molecule has 4 rings (SSSR count). The van der Waals surface area contributed by atoms with Crippen LogP contribution in [0.15, 0.2) is 126 Å². The van der Waals surface area contributed by atoms with Gasteiger partial charge < -0.3 is 9.30 Å². The lowest BCUT2D eigenvalue weighted by molar-refractivity contribution is -0.143. The second kappa shape index (κ2) is 13.2. The molecule has 38 heavy (non-hydrogen) atoms. The van der Waals surface area contributed by atoms with E-state index in [0.29, 0.717) is 13.0 Å². The highest BCUT2D eigenvalue weighted by Gasteiger charge is 2.39. The van der Waals surface area contributed by atoms with Gasteiger partial charge in [0.15, 0.2) is 7.14 Å². The molecule has 0 aliphatic rings. The highest BCUT2D eigenvalue weighted by molar-refractivity contribution is 7.80. The van der Waals surface area contributed by atoms with Crippen LogP contribution in [-0.2, 0) is 14.1 Å². The standard InChI is InChI=1S/C33H34NO3P/c1-3-37-32(35)25-24-31(38(36,29-20-12-6-13-21-29)30-22-14-7-15-23-30)26(2)34-33(27-16-8-4-9-17-27)28-18-10-5-11-19-28/h4-23,31,33H,3,24-25H2,1-2H3. The first-order valence-corrected chi connectivity index (χ1v) is 14.8. The molecule has 0 heterocycles. The monoisotopic (exact) mass is 523 g/mol. The van der Waals surface area contributed by atoms with Crippen LogP contribution in [0.25, 0.3) is 0 Å². The topological polar surface area (TPSA) is 55.7 Å². The van der Waals surface area contributed by atoms with Gasteiger partial charge in [-0.15, -0.1) is 0 Å². The highest BCUT2D eigenvalue weighted by atomic mass is 31.2. The van der Waals surface area contributed by atoms with Crippen LogP contribution in [0, 0.1) is 0 Å². The van der Waals surface area contributed by atoms with Crippen LogP contribution >= 0.6 is 7.14 Å². The molecule has 1 unspecified atom stereocenters. The molecule has 0 spiro atoms. The molecule has 0 radical (unpaired) electrons. The van der Waals surface area contributed by atoms with E-state index >= 15 is 4.57 Å². The van der Waals surface area contributed by atoms with Crippen molar-refractivity contribution >= 4 is 29.4 Å². The van der Waals surface area contributed by atoms with Gasteiger partial charge in [0.25, 0.3) is 0 Å². The summed E-state index contributed by atoms with van der Waals surface area (Å²) in [5.41, 5.74) is 2.38. The van der Waals surface area contributed by atoms with Gasteiger partial charge in [-0.05, 0) is 31.4 Å². The zero-order valence-electron chi connectivity index (χ0n) is 21.9. The van der Waals surface area contributed by atoms with Crippen LogP contribution in [0.1, 0.15) is 43.9 Å². The Bertz CT molecular complexity index is 1290. The molecule has 4 aromatic rings. The molecule has 0 saturated carbocycles. The average molecular weight is 524 g/mol. The zero-order chi connectivity index (χ0) is 26.8. The van der Waals surface area contributed by atoms with Gasteiger partial charge in [0, 0.05) is 22.7 Å². The molecule has 0 N–H and O–H groups in total. The van der Waals surface area contributed by atoms with Gasteiger partial charge in [0.05, 0.1) is 18.3 Å². The number of ether oxygens (including phenoxy) is 1. The summed E-state index contributed by atoms with van der Waals surface area (Å²) < 4.78 is 20.6. The lowest BCUT2D eigenvalue weighted by Crippen LogP contribution is -2.32. The summed E-state index contributed by atoms with van der Waals surface area (Å²) in [5, 5.41) is 1.51. The Hall–Kier alpha value is -3.75.